The molecule has 0 aliphatic carbocycles. The van der Waals surface area contributed by atoms with Gasteiger partial charge in [-0.3, -0.25) is 4.72 Å². The highest BCUT2D eigenvalue weighted by molar-refractivity contribution is 7.94. The van der Waals surface area contributed by atoms with E-state index in [-0.39, 0.29) is 10.8 Å². The third-order valence-corrected chi connectivity index (χ3v) is 5.20. The molecule has 102 valence electrons. The average Bonchev–Trinajstić information content (AvgIpc) is 2.89. The van der Waals surface area contributed by atoms with Gasteiger partial charge < -0.3 is 9.84 Å². The van der Waals surface area contributed by atoms with Crippen LogP contribution in [0.5, 0.6) is 5.88 Å². The molecule has 0 aliphatic heterocycles. The first-order valence-electron chi connectivity index (χ1n) is 5.27. The van der Waals surface area contributed by atoms with Crippen molar-refractivity contribution in [2.75, 3.05) is 11.8 Å². The number of nitrogens with one attached hydrogen (secondary N) is 1. The van der Waals surface area contributed by atoms with Gasteiger partial charge in [-0.1, -0.05) is 0 Å². The smallest absolute Gasteiger partial charge is 0.271 e. The van der Waals surface area contributed by atoms with E-state index in [1.54, 1.807) is 18.2 Å². The number of nitrogens with zero attached hydrogens (tertiary/aromatic N) is 1. The van der Waals surface area contributed by atoms with Crippen LogP contribution in [0, 0.1) is 0 Å². The summed E-state index contributed by atoms with van der Waals surface area (Å²) in [5.74, 6) is 0.404. The fourth-order valence-corrected chi connectivity index (χ4v) is 3.61. The van der Waals surface area contributed by atoms with E-state index in [0.717, 1.165) is 11.3 Å². The summed E-state index contributed by atoms with van der Waals surface area (Å²) in [6.45, 7) is -0.176. The van der Waals surface area contributed by atoms with Gasteiger partial charge in [0, 0.05) is 10.9 Å². The Morgan fingerprint density at radius 2 is 2.16 bits per heavy atom. The maximum atomic E-state index is 12.0. The monoisotopic (exact) mass is 300 g/mol. The number of pyridine rings is 1. The molecule has 0 spiro atoms. The summed E-state index contributed by atoms with van der Waals surface area (Å²) in [5.41, 5.74) is 0.347. The quantitative estimate of drug-likeness (QED) is 0.872. The molecule has 0 fully saturated rings. The van der Waals surface area contributed by atoms with Gasteiger partial charge in [-0.15, -0.1) is 11.3 Å². The average molecular weight is 300 g/mol. The first kappa shape index (κ1) is 13.8. The summed E-state index contributed by atoms with van der Waals surface area (Å²) in [6.07, 6.45) is 1.37. The molecule has 19 heavy (non-hydrogen) atoms. The molecule has 2 aromatic heterocycles. The zero-order valence-corrected chi connectivity index (χ0v) is 11.7. The number of aliphatic hydroxyl groups is 1. The Morgan fingerprint density at radius 1 is 1.37 bits per heavy atom. The standard InChI is InChI=1S/C11H12N2O4S2/c1-17-10-4-2-8(6-12-10)13-19(15,16)11-5-3-9(7-14)18-11/h2-6,13-14H,7H2,1H3. The maximum absolute atomic E-state index is 12.0. The van der Waals surface area contributed by atoms with E-state index in [0.29, 0.717) is 16.4 Å². The molecule has 2 aromatic rings. The fourth-order valence-electron chi connectivity index (χ4n) is 1.35. The van der Waals surface area contributed by atoms with Gasteiger partial charge in [0.15, 0.2) is 0 Å². The van der Waals surface area contributed by atoms with Crippen molar-refractivity contribution >= 4 is 27.0 Å². The number of sulfonamides is 1. The second-order valence-corrected chi connectivity index (χ2v) is 6.65. The number of aliphatic hydroxyl groups excluding tert-OH is 1. The van der Waals surface area contributed by atoms with Crippen molar-refractivity contribution < 1.29 is 18.3 Å². The summed E-state index contributed by atoms with van der Waals surface area (Å²) < 4.78 is 31.5. The number of thiophene rings is 1. The summed E-state index contributed by atoms with van der Waals surface area (Å²) in [7, 11) is -2.17. The molecule has 6 nitrogen and oxygen atoms in total. The molecule has 0 saturated heterocycles. The van der Waals surface area contributed by atoms with Crippen LogP contribution in [-0.4, -0.2) is 25.6 Å². The van der Waals surface area contributed by atoms with Crippen LogP contribution in [0.15, 0.2) is 34.7 Å². The van der Waals surface area contributed by atoms with Crippen LogP contribution in [0.2, 0.25) is 0 Å². The lowest BCUT2D eigenvalue weighted by atomic mass is 10.4. The molecule has 0 amide bonds. The summed E-state index contributed by atoms with van der Waals surface area (Å²) in [5, 5.41) is 8.94. The minimum atomic E-state index is -3.65. The van der Waals surface area contributed by atoms with Crippen LogP contribution in [0.25, 0.3) is 0 Å². The zero-order chi connectivity index (χ0) is 13.9. The van der Waals surface area contributed by atoms with Gasteiger partial charge in [0.2, 0.25) is 5.88 Å². The van der Waals surface area contributed by atoms with E-state index in [9.17, 15) is 8.42 Å². The topological polar surface area (TPSA) is 88.5 Å². The highest BCUT2D eigenvalue weighted by atomic mass is 32.2. The molecule has 2 heterocycles. The van der Waals surface area contributed by atoms with Gasteiger partial charge in [0.1, 0.15) is 4.21 Å². The molecule has 2 N–H and O–H groups in total. The van der Waals surface area contributed by atoms with Crippen LogP contribution in [0.1, 0.15) is 4.88 Å². The summed E-state index contributed by atoms with van der Waals surface area (Å²) in [6, 6.07) is 6.15. The van der Waals surface area contributed by atoms with Gasteiger partial charge in [0.25, 0.3) is 10.0 Å². The Balaban J connectivity index is 2.20. The number of hydrogen-bond acceptors (Lipinski definition) is 6. The largest absolute Gasteiger partial charge is 0.481 e. The lowest BCUT2D eigenvalue weighted by Crippen LogP contribution is -2.11. The molecule has 0 aromatic carbocycles. The highest BCUT2D eigenvalue weighted by Crippen LogP contribution is 2.24. The molecule has 0 saturated carbocycles. The second kappa shape index (κ2) is 5.55. The van der Waals surface area contributed by atoms with Crippen LogP contribution < -0.4 is 9.46 Å². The molecule has 0 aliphatic rings. The molecular formula is C11H12N2O4S2. The zero-order valence-electron chi connectivity index (χ0n) is 10.0. The normalized spacial score (nSPS) is 11.3. The van der Waals surface area contributed by atoms with Crippen molar-refractivity contribution in [2.45, 2.75) is 10.8 Å². The van der Waals surface area contributed by atoms with Gasteiger partial charge in [-0.25, -0.2) is 13.4 Å². The Hall–Kier alpha value is -1.64. The fraction of sp³-hybridized carbons (Fsp3) is 0.182. The van der Waals surface area contributed by atoms with Crippen molar-refractivity contribution in [3.8, 4) is 5.88 Å². The number of anilines is 1. The van der Waals surface area contributed by atoms with Gasteiger partial charge in [-0.2, -0.15) is 0 Å². The maximum Gasteiger partial charge on any atom is 0.271 e. The van der Waals surface area contributed by atoms with Crippen molar-refractivity contribution in [3.05, 3.63) is 35.3 Å². The number of methoxy groups -OCH3 is 1. The first-order valence-corrected chi connectivity index (χ1v) is 7.57. The number of ether oxygens (including phenoxy) is 1. The Morgan fingerprint density at radius 3 is 2.68 bits per heavy atom. The van der Waals surface area contributed by atoms with Crippen molar-refractivity contribution in [1.82, 2.24) is 4.98 Å². The predicted octanol–water partition coefficient (Wildman–Crippen LogP) is 1.44. The van der Waals surface area contributed by atoms with Crippen LogP contribution in [0.3, 0.4) is 0 Å². The first-order chi connectivity index (χ1) is 9.05. The molecule has 0 unspecified atom stereocenters. The van der Waals surface area contributed by atoms with E-state index in [1.165, 1.54) is 19.4 Å². The summed E-state index contributed by atoms with van der Waals surface area (Å²) >= 11 is 1.02. The Kier molecular flexibility index (Phi) is 4.03. The molecule has 2 rings (SSSR count). The second-order valence-electron chi connectivity index (χ2n) is 3.57. The van der Waals surface area contributed by atoms with E-state index in [4.69, 9.17) is 9.84 Å². The Labute approximate surface area is 114 Å². The number of aromatic nitrogens is 1. The minimum absolute atomic E-state index is 0.146. The lowest BCUT2D eigenvalue weighted by Gasteiger charge is -2.06. The highest BCUT2D eigenvalue weighted by Gasteiger charge is 2.17. The SMILES string of the molecule is COc1ccc(NS(=O)(=O)c2ccc(CO)s2)cn1. The van der Waals surface area contributed by atoms with E-state index >= 15 is 0 Å². The minimum Gasteiger partial charge on any atom is -0.481 e. The van der Waals surface area contributed by atoms with Crippen molar-refractivity contribution in [3.63, 3.8) is 0 Å². The third-order valence-electron chi connectivity index (χ3n) is 2.26. The van der Waals surface area contributed by atoms with Crippen LogP contribution >= 0.6 is 11.3 Å². The van der Waals surface area contributed by atoms with E-state index < -0.39 is 10.0 Å². The molecule has 0 atom stereocenters. The lowest BCUT2D eigenvalue weighted by molar-refractivity contribution is 0.285. The number of hydrogen-bond donors (Lipinski definition) is 2. The van der Waals surface area contributed by atoms with Gasteiger partial charge in [0.05, 0.1) is 25.6 Å². The van der Waals surface area contributed by atoms with Crippen LogP contribution in [-0.2, 0) is 16.6 Å². The van der Waals surface area contributed by atoms with Crippen molar-refractivity contribution in [2.24, 2.45) is 0 Å². The summed E-state index contributed by atoms with van der Waals surface area (Å²) in [4.78, 5) is 4.50. The van der Waals surface area contributed by atoms with E-state index in [1.807, 2.05) is 0 Å². The van der Waals surface area contributed by atoms with Crippen molar-refractivity contribution in [1.29, 1.82) is 0 Å². The predicted molar refractivity (Wildman–Crippen MR) is 71.8 cm³/mol. The Bertz CT molecular complexity index is 650. The van der Waals surface area contributed by atoms with Gasteiger partial charge >= 0.3 is 0 Å². The third kappa shape index (κ3) is 3.22. The molecule has 0 bridgehead atoms. The molecular weight excluding hydrogens is 288 g/mol. The van der Waals surface area contributed by atoms with E-state index in [2.05, 4.69) is 9.71 Å². The molecule has 8 heteroatoms. The number of rotatable bonds is 5. The van der Waals surface area contributed by atoms with Crippen LogP contribution in [0.4, 0.5) is 5.69 Å². The van der Waals surface area contributed by atoms with Gasteiger partial charge in [-0.05, 0) is 18.2 Å². The molecule has 0 radical (unpaired) electrons.